The van der Waals surface area contributed by atoms with Gasteiger partial charge in [0.2, 0.25) is 0 Å². The van der Waals surface area contributed by atoms with Crippen LogP contribution >= 0.6 is 0 Å². The molecule has 1 aliphatic rings. The van der Waals surface area contributed by atoms with Crippen LogP contribution in [0.4, 0.5) is 17.2 Å². The van der Waals surface area contributed by atoms with E-state index in [-0.39, 0.29) is 0 Å². The van der Waals surface area contributed by atoms with Gasteiger partial charge in [0.1, 0.15) is 5.82 Å². The summed E-state index contributed by atoms with van der Waals surface area (Å²) in [6.07, 6.45) is 3.64. The number of anilines is 3. The summed E-state index contributed by atoms with van der Waals surface area (Å²) in [6, 6.07) is 49.3. The molecule has 0 unspecified atom stereocenters. The van der Waals surface area contributed by atoms with E-state index in [2.05, 4.69) is 125 Å². The molecule has 5 aromatic carbocycles. The van der Waals surface area contributed by atoms with E-state index >= 15 is 0 Å². The van der Waals surface area contributed by atoms with E-state index in [0.29, 0.717) is 0 Å². The Morgan fingerprint density at radius 2 is 1.15 bits per heavy atom. The third-order valence-electron chi connectivity index (χ3n) is 7.90. The van der Waals surface area contributed by atoms with Crippen molar-refractivity contribution in [1.82, 2.24) is 9.97 Å². The van der Waals surface area contributed by atoms with Crippen LogP contribution in [0.25, 0.3) is 55.4 Å². The summed E-state index contributed by atoms with van der Waals surface area (Å²) >= 11 is 0. The Balaban J connectivity index is 1.28. The maximum absolute atomic E-state index is 5.09. The molecular formula is C38H25N3. The van der Waals surface area contributed by atoms with Crippen molar-refractivity contribution in [1.29, 1.82) is 0 Å². The van der Waals surface area contributed by atoms with Crippen molar-refractivity contribution in [2.45, 2.75) is 0 Å². The molecule has 3 nitrogen and oxygen atoms in total. The highest BCUT2D eigenvalue weighted by molar-refractivity contribution is 6.18. The van der Waals surface area contributed by atoms with Gasteiger partial charge in [-0.3, -0.25) is 9.88 Å². The number of hydrogen-bond donors (Lipinski definition) is 0. The van der Waals surface area contributed by atoms with Gasteiger partial charge >= 0.3 is 0 Å². The first kappa shape index (κ1) is 23.4. The molecule has 7 aromatic rings. The topological polar surface area (TPSA) is 29.0 Å². The first-order chi connectivity index (χ1) is 20.3. The smallest absolute Gasteiger partial charge is 0.138 e. The Morgan fingerprint density at radius 3 is 1.98 bits per heavy atom. The minimum absolute atomic E-state index is 0.852. The number of fused-ring (bicyclic) bond motifs is 3. The Labute approximate surface area is 239 Å². The van der Waals surface area contributed by atoms with Crippen LogP contribution in [0.15, 0.2) is 152 Å². The predicted molar refractivity (Wildman–Crippen MR) is 170 cm³/mol. The number of pyridine rings is 2. The normalized spacial score (nSPS) is 11.4. The molecule has 3 heteroatoms. The molecule has 1 aliphatic carbocycles. The summed E-state index contributed by atoms with van der Waals surface area (Å²) in [5, 5.41) is 2.61. The lowest BCUT2D eigenvalue weighted by molar-refractivity contribution is 1.18. The van der Waals surface area contributed by atoms with E-state index in [4.69, 9.17) is 4.98 Å². The molecule has 2 aromatic heterocycles. The Morgan fingerprint density at radius 1 is 0.463 bits per heavy atom. The lowest BCUT2D eigenvalue weighted by atomic mass is 9.94. The molecule has 8 rings (SSSR count). The second kappa shape index (κ2) is 9.58. The SMILES string of the molecule is c1ccc(N(c2cccc(-c3ccc4c5c(cccc35)-c3ccccc3-4)c2)c2cccc(-c3cccnc3)n2)cc1. The molecule has 0 fully saturated rings. The van der Waals surface area contributed by atoms with E-state index < -0.39 is 0 Å². The van der Waals surface area contributed by atoms with Crippen LogP contribution in [-0.2, 0) is 0 Å². The summed E-state index contributed by atoms with van der Waals surface area (Å²) in [5.41, 5.74) is 11.6. The number of nitrogens with zero attached hydrogens (tertiary/aromatic N) is 3. The second-order valence-electron chi connectivity index (χ2n) is 10.3. The summed E-state index contributed by atoms with van der Waals surface area (Å²) in [7, 11) is 0. The van der Waals surface area contributed by atoms with Crippen molar-refractivity contribution in [2.75, 3.05) is 4.90 Å². The van der Waals surface area contributed by atoms with Gasteiger partial charge in [0.15, 0.2) is 0 Å². The summed E-state index contributed by atoms with van der Waals surface area (Å²) < 4.78 is 0. The van der Waals surface area contributed by atoms with Gasteiger partial charge in [-0.15, -0.1) is 0 Å². The van der Waals surface area contributed by atoms with Crippen molar-refractivity contribution in [3.8, 4) is 44.6 Å². The van der Waals surface area contributed by atoms with Crippen molar-refractivity contribution >= 4 is 28.0 Å². The number of benzene rings is 5. The van der Waals surface area contributed by atoms with Gasteiger partial charge in [-0.2, -0.15) is 0 Å². The van der Waals surface area contributed by atoms with Crippen LogP contribution in [0.3, 0.4) is 0 Å². The maximum Gasteiger partial charge on any atom is 0.138 e. The van der Waals surface area contributed by atoms with Crippen molar-refractivity contribution in [2.24, 2.45) is 0 Å². The number of aromatic nitrogens is 2. The van der Waals surface area contributed by atoms with E-state index in [1.54, 1.807) is 6.20 Å². The van der Waals surface area contributed by atoms with Gasteiger partial charge in [-0.25, -0.2) is 4.98 Å². The molecule has 0 radical (unpaired) electrons. The van der Waals surface area contributed by atoms with Gasteiger partial charge in [0.25, 0.3) is 0 Å². The molecule has 2 heterocycles. The van der Waals surface area contributed by atoms with Crippen LogP contribution in [0.2, 0.25) is 0 Å². The standard InChI is InChI=1S/C38H25N3/c1-2-12-28(13-3-1)41(37-20-8-19-36(40-37)27-11-9-23-39-25-27)29-14-6-10-26(24-29)30-21-22-35-32-16-5-4-15-31(32)34-18-7-17-33(30)38(34)35/h1-25H. The summed E-state index contributed by atoms with van der Waals surface area (Å²) in [6.45, 7) is 0. The van der Waals surface area contributed by atoms with Crippen LogP contribution in [0.1, 0.15) is 0 Å². The molecule has 0 amide bonds. The molecule has 0 atom stereocenters. The molecule has 0 spiro atoms. The second-order valence-corrected chi connectivity index (χ2v) is 10.3. The fourth-order valence-electron chi connectivity index (χ4n) is 6.09. The van der Waals surface area contributed by atoms with Gasteiger partial charge in [0.05, 0.1) is 5.69 Å². The van der Waals surface area contributed by atoms with Crippen LogP contribution in [0.5, 0.6) is 0 Å². The van der Waals surface area contributed by atoms with Crippen molar-refractivity contribution in [3.63, 3.8) is 0 Å². The Kier molecular flexibility index (Phi) is 5.46. The van der Waals surface area contributed by atoms with E-state index in [0.717, 1.165) is 28.5 Å². The monoisotopic (exact) mass is 523 g/mol. The van der Waals surface area contributed by atoms with Gasteiger partial charge in [0, 0.05) is 29.3 Å². The van der Waals surface area contributed by atoms with Crippen LogP contribution in [-0.4, -0.2) is 9.97 Å². The zero-order valence-corrected chi connectivity index (χ0v) is 22.3. The summed E-state index contributed by atoms with van der Waals surface area (Å²) in [4.78, 5) is 11.6. The van der Waals surface area contributed by atoms with E-state index in [1.165, 1.54) is 44.2 Å². The minimum Gasteiger partial charge on any atom is -0.295 e. The molecule has 192 valence electrons. The highest BCUT2D eigenvalue weighted by atomic mass is 15.2. The molecular weight excluding hydrogens is 498 g/mol. The molecule has 0 aliphatic heterocycles. The first-order valence-electron chi connectivity index (χ1n) is 13.8. The number of rotatable bonds is 5. The average molecular weight is 524 g/mol. The van der Waals surface area contributed by atoms with Crippen molar-refractivity contribution < 1.29 is 0 Å². The van der Waals surface area contributed by atoms with Gasteiger partial charge in [-0.1, -0.05) is 91.0 Å². The Bertz CT molecular complexity index is 2020. The molecule has 0 saturated heterocycles. The largest absolute Gasteiger partial charge is 0.295 e. The average Bonchev–Trinajstić information content (AvgIpc) is 3.38. The number of hydrogen-bond acceptors (Lipinski definition) is 3. The maximum atomic E-state index is 5.09. The van der Waals surface area contributed by atoms with Crippen LogP contribution in [0, 0.1) is 0 Å². The fraction of sp³-hybridized carbons (Fsp3) is 0. The van der Waals surface area contributed by atoms with Crippen molar-refractivity contribution in [3.05, 3.63) is 152 Å². The summed E-state index contributed by atoms with van der Waals surface area (Å²) in [5.74, 6) is 0.852. The highest BCUT2D eigenvalue weighted by Crippen LogP contribution is 2.49. The van der Waals surface area contributed by atoms with E-state index in [9.17, 15) is 0 Å². The van der Waals surface area contributed by atoms with Gasteiger partial charge < -0.3 is 0 Å². The molecule has 0 bridgehead atoms. The minimum atomic E-state index is 0.852. The molecule has 41 heavy (non-hydrogen) atoms. The Hall–Kier alpha value is -5.54. The quantitative estimate of drug-likeness (QED) is 0.225. The molecule has 0 N–H and O–H groups in total. The van der Waals surface area contributed by atoms with Crippen LogP contribution < -0.4 is 4.90 Å². The zero-order valence-electron chi connectivity index (χ0n) is 22.3. The lowest BCUT2D eigenvalue weighted by Gasteiger charge is -2.25. The highest BCUT2D eigenvalue weighted by Gasteiger charge is 2.22. The number of para-hydroxylation sites is 1. The van der Waals surface area contributed by atoms with E-state index in [1.807, 2.05) is 30.5 Å². The first-order valence-corrected chi connectivity index (χ1v) is 13.8. The predicted octanol–water partition coefficient (Wildman–Crippen LogP) is 10.1. The lowest BCUT2D eigenvalue weighted by Crippen LogP contribution is -2.11. The fourth-order valence-corrected chi connectivity index (χ4v) is 6.09. The van der Waals surface area contributed by atoms with Gasteiger partial charge in [-0.05, 0) is 92.7 Å². The third kappa shape index (κ3) is 3.90. The third-order valence-corrected chi connectivity index (χ3v) is 7.90. The molecule has 0 saturated carbocycles. The zero-order chi connectivity index (χ0) is 27.2.